The molecule has 2 heterocycles. The Kier molecular flexibility index (Phi) is 1.98. The summed E-state index contributed by atoms with van der Waals surface area (Å²) in [5, 5.41) is 1.64. The summed E-state index contributed by atoms with van der Waals surface area (Å²) in [6.07, 6.45) is 3.49. The second-order valence-corrected chi connectivity index (χ2v) is 3.52. The van der Waals surface area contributed by atoms with Crippen LogP contribution in [-0.2, 0) is 0 Å². The lowest BCUT2D eigenvalue weighted by Crippen LogP contribution is -2.03. The van der Waals surface area contributed by atoms with Gasteiger partial charge in [0.25, 0.3) is 0 Å². The van der Waals surface area contributed by atoms with E-state index >= 15 is 0 Å². The maximum Gasteiger partial charge on any atom is 0.137 e. The highest BCUT2D eigenvalue weighted by atomic mass is 35.5. The normalized spacial score (nSPS) is 13.5. The number of aromatic nitrogens is 2. The molecule has 2 rings (SSSR count). The lowest BCUT2D eigenvalue weighted by Gasteiger charge is -2.01. The van der Waals surface area contributed by atoms with Crippen molar-refractivity contribution in [3.63, 3.8) is 0 Å². The minimum atomic E-state index is -0.00554. The number of aromatic amines is 1. The second-order valence-electron chi connectivity index (χ2n) is 3.08. The van der Waals surface area contributed by atoms with Crippen LogP contribution in [0, 0.1) is 0 Å². The Bertz CT molecular complexity index is 433. The van der Waals surface area contributed by atoms with Crippen LogP contribution in [0.25, 0.3) is 11.0 Å². The van der Waals surface area contributed by atoms with Crippen LogP contribution in [0.4, 0.5) is 0 Å². The molecule has 0 saturated heterocycles. The van der Waals surface area contributed by atoms with Crippen LogP contribution in [0.5, 0.6) is 0 Å². The molecule has 0 aliphatic heterocycles. The lowest BCUT2D eigenvalue weighted by molar-refractivity contribution is 0.826. The van der Waals surface area contributed by atoms with Crippen LogP contribution in [0.15, 0.2) is 18.5 Å². The average Bonchev–Trinajstić information content (AvgIpc) is 2.46. The summed E-state index contributed by atoms with van der Waals surface area (Å²) < 4.78 is 0. The number of H-pyrrole nitrogens is 1. The van der Waals surface area contributed by atoms with E-state index < -0.39 is 0 Å². The molecule has 0 bridgehead atoms. The summed E-state index contributed by atoms with van der Waals surface area (Å²) in [5.74, 6) is 0. The molecule has 3 N–H and O–H groups in total. The zero-order chi connectivity index (χ0) is 9.42. The molecule has 1 unspecified atom stereocenters. The van der Waals surface area contributed by atoms with E-state index in [-0.39, 0.29) is 6.04 Å². The third-order valence-electron chi connectivity index (χ3n) is 2.02. The van der Waals surface area contributed by atoms with Gasteiger partial charge in [-0.25, -0.2) is 4.98 Å². The smallest absolute Gasteiger partial charge is 0.137 e. The predicted molar refractivity (Wildman–Crippen MR) is 53.7 cm³/mol. The third-order valence-corrected chi connectivity index (χ3v) is 2.23. The van der Waals surface area contributed by atoms with Crippen LogP contribution in [0.3, 0.4) is 0 Å². The lowest BCUT2D eigenvalue weighted by atomic mass is 10.1. The molecule has 0 saturated carbocycles. The van der Waals surface area contributed by atoms with E-state index in [4.69, 9.17) is 17.3 Å². The summed E-state index contributed by atoms with van der Waals surface area (Å²) in [5.41, 5.74) is 7.66. The van der Waals surface area contributed by atoms with Crippen LogP contribution in [-0.4, -0.2) is 9.97 Å². The maximum atomic E-state index is 5.84. The van der Waals surface area contributed by atoms with E-state index in [1.807, 2.05) is 19.2 Å². The topological polar surface area (TPSA) is 54.7 Å². The van der Waals surface area contributed by atoms with Gasteiger partial charge in [0.05, 0.1) is 5.02 Å². The molecule has 68 valence electrons. The Balaban J connectivity index is 2.71. The first kappa shape index (κ1) is 8.53. The molecular weight excluding hydrogens is 186 g/mol. The molecule has 0 spiro atoms. The zero-order valence-electron chi connectivity index (χ0n) is 7.21. The van der Waals surface area contributed by atoms with Gasteiger partial charge in [0.2, 0.25) is 0 Å². The van der Waals surface area contributed by atoms with E-state index in [0.717, 1.165) is 16.6 Å². The number of rotatable bonds is 1. The Labute approximate surface area is 80.9 Å². The number of fused-ring (bicyclic) bond motifs is 1. The first-order chi connectivity index (χ1) is 6.18. The quantitative estimate of drug-likeness (QED) is 0.733. The van der Waals surface area contributed by atoms with Crippen molar-refractivity contribution in [3.8, 4) is 0 Å². The SMILES string of the molecule is CC(N)c1c[nH]c2ncc(Cl)cc12. The van der Waals surface area contributed by atoms with Crippen molar-refractivity contribution in [3.05, 3.63) is 29.0 Å². The van der Waals surface area contributed by atoms with Crippen molar-refractivity contribution in [1.29, 1.82) is 0 Å². The number of halogens is 1. The van der Waals surface area contributed by atoms with Gasteiger partial charge < -0.3 is 10.7 Å². The zero-order valence-corrected chi connectivity index (χ0v) is 7.97. The summed E-state index contributed by atoms with van der Waals surface area (Å²) in [4.78, 5) is 7.19. The number of pyridine rings is 1. The van der Waals surface area contributed by atoms with Gasteiger partial charge in [0.1, 0.15) is 5.65 Å². The standard InChI is InChI=1S/C9H10ClN3/c1-5(11)8-4-13-9-7(8)2-6(10)3-12-9/h2-5H,11H2,1H3,(H,12,13). The number of nitrogens with one attached hydrogen (secondary N) is 1. The van der Waals surface area contributed by atoms with Crippen molar-refractivity contribution in [2.45, 2.75) is 13.0 Å². The molecule has 0 amide bonds. The van der Waals surface area contributed by atoms with E-state index in [2.05, 4.69) is 9.97 Å². The largest absolute Gasteiger partial charge is 0.346 e. The van der Waals surface area contributed by atoms with Crippen molar-refractivity contribution >= 4 is 22.6 Å². The highest BCUT2D eigenvalue weighted by molar-refractivity contribution is 6.31. The third kappa shape index (κ3) is 1.41. The molecule has 4 heteroatoms. The van der Waals surface area contributed by atoms with Gasteiger partial charge in [0, 0.05) is 23.8 Å². The fourth-order valence-corrected chi connectivity index (χ4v) is 1.53. The Morgan fingerprint density at radius 1 is 1.62 bits per heavy atom. The average molecular weight is 196 g/mol. The van der Waals surface area contributed by atoms with Gasteiger partial charge in [-0.3, -0.25) is 0 Å². The van der Waals surface area contributed by atoms with Crippen molar-refractivity contribution in [2.24, 2.45) is 5.73 Å². The van der Waals surface area contributed by atoms with Gasteiger partial charge in [0.15, 0.2) is 0 Å². The van der Waals surface area contributed by atoms with Crippen molar-refractivity contribution in [1.82, 2.24) is 9.97 Å². The molecule has 2 aromatic rings. The van der Waals surface area contributed by atoms with Crippen LogP contribution in [0.1, 0.15) is 18.5 Å². The molecule has 0 aliphatic carbocycles. The molecule has 1 atom stereocenters. The van der Waals surface area contributed by atoms with E-state index in [1.165, 1.54) is 0 Å². The number of hydrogen-bond donors (Lipinski definition) is 2. The summed E-state index contributed by atoms with van der Waals surface area (Å²) in [7, 11) is 0. The minimum absolute atomic E-state index is 0.00554. The summed E-state index contributed by atoms with van der Waals surface area (Å²) >= 11 is 5.84. The van der Waals surface area contributed by atoms with Gasteiger partial charge in [-0.1, -0.05) is 11.6 Å². The maximum absolute atomic E-state index is 5.84. The van der Waals surface area contributed by atoms with Gasteiger partial charge in [-0.05, 0) is 18.6 Å². The van der Waals surface area contributed by atoms with Crippen LogP contribution >= 0.6 is 11.6 Å². The highest BCUT2D eigenvalue weighted by Crippen LogP contribution is 2.23. The molecule has 0 aliphatic rings. The van der Waals surface area contributed by atoms with E-state index in [0.29, 0.717) is 5.02 Å². The van der Waals surface area contributed by atoms with Gasteiger partial charge >= 0.3 is 0 Å². The molecule has 0 fully saturated rings. The minimum Gasteiger partial charge on any atom is -0.346 e. The molecule has 3 nitrogen and oxygen atoms in total. The fourth-order valence-electron chi connectivity index (χ4n) is 1.37. The molecule has 13 heavy (non-hydrogen) atoms. The summed E-state index contributed by atoms with van der Waals surface area (Å²) in [6.45, 7) is 1.93. The predicted octanol–water partition coefficient (Wildman–Crippen LogP) is 2.24. The first-order valence-electron chi connectivity index (χ1n) is 4.06. The van der Waals surface area contributed by atoms with Gasteiger partial charge in [-0.15, -0.1) is 0 Å². The molecule has 2 aromatic heterocycles. The molecular formula is C9H10ClN3. The van der Waals surface area contributed by atoms with Crippen LogP contribution < -0.4 is 5.73 Å². The van der Waals surface area contributed by atoms with E-state index in [1.54, 1.807) is 6.20 Å². The van der Waals surface area contributed by atoms with Gasteiger partial charge in [-0.2, -0.15) is 0 Å². The molecule has 0 aromatic carbocycles. The Morgan fingerprint density at radius 2 is 2.38 bits per heavy atom. The highest BCUT2D eigenvalue weighted by Gasteiger charge is 2.08. The number of nitrogens with zero attached hydrogens (tertiary/aromatic N) is 1. The monoisotopic (exact) mass is 195 g/mol. The number of nitrogens with two attached hydrogens (primary N) is 1. The Morgan fingerprint density at radius 3 is 3.08 bits per heavy atom. The van der Waals surface area contributed by atoms with Crippen molar-refractivity contribution < 1.29 is 0 Å². The Hall–Kier alpha value is -1.06. The number of hydrogen-bond acceptors (Lipinski definition) is 2. The second kappa shape index (κ2) is 3.01. The van der Waals surface area contributed by atoms with E-state index in [9.17, 15) is 0 Å². The van der Waals surface area contributed by atoms with Crippen molar-refractivity contribution in [2.75, 3.05) is 0 Å². The fraction of sp³-hybridized carbons (Fsp3) is 0.222. The summed E-state index contributed by atoms with van der Waals surface area (Å²) in [6, 6.07) is 1.87. The molecule has 0 radical (unpaired) electrons. The van der Waals surface area contributed by atoms with Crippen LogP contribution in [0.2, 0.25) is 5.02 Å². The first-order valence-corrected chi connectivity index (χ1v) is 4.44.